The second-order valence-corrected chi connectivity index (χ2v) is 11.2. The number of aliphatic carboxylic acids is 1. The van der Waals surface area contributed by atoms with Crippen LogP contribution in [0.3, 0.4) is 0 Å². The number of carbonyl (C=O) groups is 2. The molecule has 8 nitrogen and oxygen atoms in total. The Labute approximate surface area is 221 Å². The number of carboxylic acids is 1. The first-order valence-corrected chi connectivity index (χ1v) is 13.8. The number of thiocarbonyl (C=S) groups is 1. The van der Waals surface area contributed by atoms with Crippen molar-refractivity contribution in [3.05, 3.63) is 31.9 Å². The number of nitriles is 1. The van der Waals surface area contributed by atoms with Crippen LogP contribution in [0.5, 0.6) is 0 Å². The molecular formula is C26H34N4O4S2. The second kappa shape index (κ2) is 12.5. The number of carboxylic acid groups (broad SMARTS) is 1. The van der Waals surface area contributed by atoms with Crippen LogP contribution in [-0.4, -0.2) is 50.4 Å². The normalized spacial score (nSPS) is 17.8. The maximum atomic E-state index is 13.3. The van der Waals surface area contributed by atoms with Gasteiger partial charge in [0.1, 0.15) is 21.8 Å². The molecule has 36 heavy (non-hydrogen) atoms. The standard InChI is InChI=1S/C26H34N4O4S2/c1-4-11-29-23(28-13-9-17(2)10-14-28)19(18(3)20(16-27)24(29)33)15-21-25(34)30(26(35)36-21)12-7-5-6-8-22(31)32/h15,17H,4-14H2,1-3H3,(H,31,32)/b21-15-. The van der Waals surface area contributed by atoms with Crippen molar-refractivity contribution >= 4 is 52.1 Å². The van der Waals surface area contributed by atoms with E-state index in [0.717, 1.165) is 43.7 Å². The number of piperidine rings is 1. The SMILES string of the molecule is CCCn1c(N2CCC(C)CC2)c(/C=C2\SC(=S)N(CCCCCC(=O)O)C2=O)c(C)c(C#N)c1=O. The summed E-state index contributed by atoms with van der Waals surface area (Å²) in [7, 11) is 0. The molecule has 1 aromatic rings. The minimum Gasteiger partial charge on any atom is -0.481 e. The number of anilines is 1. The van der Waals surface area contributed by atoms with Crippen molar-refractivity contribution in [3.63, 3.8) is 0 Å². The van der Waals surface area contributed by atoms with Gasteiger partial charge in [-0.2, -0.15) is 5.26 Å². The summed E-state index contributed by atoms with van der Waals surface area (Å²) in [4.78, 5) is 41.5. The lowest BCUT2D eigenvalue weighted by atomic mass is 9.97. The van der Waals surface area contributed by atoms with Crippen molar-refractivity contribution in [2.75, 3.05) is 24.5 Å². The van der Waals surface area contributed by atoms with Gasteiger partial charge in [-0.15, -0.1) is 0 Å². The molecule has 2 aliphatic heterocycles. The second-order valence-electron chi connectivity index (χ2n) is 9.51. The van der Waals surface area contributed by atoms with E-state index in [2.05, 4.69) is 17.9 Å². The maximum absolute atomic E-state index is 13.3. The minimum atomic E-state index is -0.820. The van der Waals surface area contributed by atoms with Crippen molar-refractivity contribution < 1.29 is 14.7 Å². The largest absolute Gasteiger partial charge is 0.481 e. The van der Waals surface area contributed by atoms with Gasteiger partial charge in [0, 0.05) is 38.2 Å². The lowest BCUT2D eigenvalue weighted by Gasteiger charge is -2.35. The summed E-state index contributed by atoms with van der Waals surface area (Å²) in [6.07, 6.45) is 6.63. The summed E-state index contributed by atoms with van der Waals surface area (Å²) in [5, 5.41) is 18.6. The van der Waals surface area contributed by atoms with E-state index in [1.807, 2.05) is 6.92 Å². The number of hydrogen-bond donors (Lipinski definition) is 1. The summed E-state index contributed by atoms with van der Waals surface area (Å²) in [5.74, 6) is 0.387. The monoisotopic (exact) mass is 530 g/mol. The Hall–Kier alpha value is -2.64. The fourth-order valence-corrected chi connectivity index (χ4v) is 5.97. The molecule has 194 valence electrons. The van der Waals surface area contributed by atoms with E-state index < -0.39 is 5.97 Å². The van der Waals surface area contributed by atoms with E-state index in [0.29, 0.717) is 53.1 Å². The summed E-state index contributed by atoms with van der Waals surface area (Å²) in [6.45, 7) is 8.57. The lowest BCUT2D eigenvalue weighted by Crippen LogP contribution is -2.39. The van der Waals surface area contributed by atoms with Crippen molar-refractivity contribution in [2.24, 2.45) is 5.92 Å². The van der Waals surface area contributed by atoms with Gasteiger partial charge in [-0.05, 0) is 56.6 Å². The van der Waals surface area contributed by atoms with Gasteiger partial charge in [-0.25, -0.2) is 0 Å². The summed E-state index contributed by atoms with van der Waals surface area (Å²) in [5.41, 5.74) is 1.15. The Morgan fingerprint density at radius 1 is 1.22 bits per heavy atom. The lowest BCUT2D eigenvalue weighted by molar-refractivity contribution is -0.137. The minimum absolute atomic E-state index is 0.109. The van der Waals surface area contributed by atoms with Crippen molar-refractivity contribution in [1.82, 2.24) is 9.47 Å². The molecule has 2 aliphatic rings. The molecule has 0 aliphatic carbocycles. The zero-order valence-corrected chi connectivity index (χ0v) is 22.8. The Kier molecular flexibility index (Phi) is 9.74. The highest BCUT2D eigenvalue weighted by Gasteiger charge is 2.33. The fourth-order valence-electron chi connectivity index (χ4n) is 4.68. The van der Waals surface area contributed by atoms with Gasteiger partial charge in [0.05, 0.1) is 4.91 Å². The molecule has 0 spiro atoms. The third-order valence-corrected chi connectivity index (χ3v) is 8.18. The molecule has 1 N–H and O–H groups in total. The van der Waals surface area contributed by atoms with Crippen molar-refractivity contribution in [1.29, 1.82) is 5.26 Å². The predicted molar refractivity (Wildman–Crippen MR) is 147 cm³/mol. The molecule has 2 fully saturated rings. The smallest absolute Gasteiger partial charge is 0.303 e. The van der Waals surface area contributed by atoms with Gasteiger partial charge in [0.15, 0.2) is 0 Å². The van der Waals surface area contributed by atoms with Gasteiger partial charge in [0.25, 0.3) is 11.5 Å². The van der Waals surface area contributed by atoms with Gasteiger partial charge in [-0.3, -0.25) is 23.9 Å². The van der Waals surface area contributed by atoms with Crippen LogP contribution in [-0.2, 0) is 16.1 Å². The summed E-state index contributed by atoms with van der Waals surface area (Å²) in [6, 6.07) is 2.09. The average molecular weight is 531 g/mol. The summed E-state index contributed by atoms with van der Waals surface area (Å²) >= 11 is 6.72. The molecule has 3 rings (SSSR count). The number of pyridine rings is 1. The van der Waals surface area contributed by atoms with Gasteiger partial charge in [-0.1, -0.05) is 44.2 Å². The first-order chi connectivity index (χ1) is 17.2. The first-order valence-electron chi connectivity index (χ1n) is 12.6. The Bertz CT molecular complexity index is 1160. The Morgan fingerprint density at radius 3 is 2.53 bits per heavy atom. The fraction of sp³-hybridized carbons (Fsp3) is 0.577. The molecule has 1 amide bonds. The summed E-state index contributed by atoms with van der Waals surface area (Å²) < 4.78 is 2.18. The maximum Gasteiger partial charge on any atom is 0.303 e. The molecule has 0 aromatic carbocycles. The van der Waals surface area contributed by atoms with Crippen LogP contribution in [0, 0.1) is 24.2 Å². The van der Waals surface area contributed by atoms with Gasteiger partial charge >= 0.3 is 5.97 Å². The molecule has 0 atom stereocenters. The van der Waals surface area contributed by atoms with Gasteiger partial charge < -0.3 is 10.0 Å². The van der Waals surface area contributed by atoms with E-state index in [4.69, 9.17) is 17.3 Å². The van der Waals surface area contributed by atoms with Crippen molar-refractivity contribution in [3.8, 4) is 6.07 Å². The van der Waals surface area contributed by atoms with Crippen LogP contribution in [0.4, 0.5) is 5.82 Å². The number of unbranched alkanes of at least 4 members (excludes halogenated alkanes) is 2. The first kappa shape index (κ1) is 27.9. The zero-order chi connectivity index (χ0) is 26.4. The molecule has 2 saturated heterocycles. The number of carbonyl (C=O) groups excluding carboxylic acids is 1. The predicted octanol–water partition coefficient (Wildman–Crippen LogP) is 4.52. The third-order valence-electron chi connectivity index (χ3n) is 6.80. The van der Waals surface area contributed by atoms with E-state index >= 15 is 0 Å². The Morgan fingerprint density at radius 2 is 1.92 bits per heavy atom. The highest BCUT2D eigenvalue weighted by Crippen LogP contribution is 2.37. The Balaban J connectivity index is 1.99. The number of hydrogen-bond acceptors (Lipinski definition) is 7. The molecule has 10 heteroatoms. The van der Waals surface area contributed by atoms with Crippen LogP contribution < -0.4 is 10.5 Å². The van der Waals surface area contributed by atoms with Gasteiger partial charge in [0.2, 0.25) is 0 Å². The van der Waals surface area contributed by atoms with E-state index in [1.54, 1.807) is 22.5 Å². The van der Waals surface area contributed by atoms with E-state index in [-0.39, 0.29) is 23.5 Å². The zero-order valence-electron chi connectivity index (χ0n) is 21.2. The van der Waals surface area contributed by atoms with E-state index in [1.165, 1.54) is 11.8 Å². The average Bonchev–Trinajstić information content (AvgIpc) is 3.10. The number of amides is 1. The highest BCUT2D eigenvalue weighted by molar-refractivity contribution is 8.26. The third kappa shape index (κ3) is 6.19. The molecule has 1 aromatic heterocycles. The number of thioether (sulfide) groups is 1. The van der Waals surface area contributed by atoms with Crippen LogP contribution in [0.25, 0.3) is 6.08 Å². The molecule has 0 unspecified atom stereocenters. The van der Waals surface area contributed by atoms with Crippen LogP contribution >= 0.6 is 24.0 Å². The number of nitrogens with zero attached hydrogens (tertiary/aromatic N) is 4. The van der Waals surface area contributed by atoms with Crippen LogP contribution in [0.1, 0.15) is 75.5 Å². The van der Waals surface area contributed by atoms with Crippen molar-refractivity contribution in [2.45, 2.75) is 72.3 Å². The van der Waals surface area contributed by atoms with E-state index in [9.17, 15) is 19.6 Å². The molecular weight excluding hydrogens is 496 g/mol. The quantitative estimate of drug-likeness (QED) is 0.267. The molecule has 0 bridgehead atoms. The number of aromatic nitrogens is 1. The van der Waals surface area contributed by atoms with Crippen LogP contribution in [0.2, 0.25) is 0 Å². The topological polar surface area (TPSA) is 107 Å². The number of rotatable bonds is 10. The van der Waals surface area contributed by atoms with Crippen LogP contribution in [0.15, 0.2) is 9.70 Å². The molecule has 0 radical (unpaired) electrons. The molecule has 0 saturated carbocycles. The molecule has 3 heterocycles. The highest BCUT2D eigenvalue weighted by atomic mass is 32.2.